The van der Waals surface area contributed by atoms with Crippen molar-refractivity contribution >= 4 is 15.9 Å². The van der Waals surface area contributed by atoms with Crippen molar-refractivity contribution in [2.75, 3.05) is 19.7 Å². The van der Waals surface area contributed by atoms with E-state index < -0.39 is 27.2 Å². The van der Waals surface area contributed by atoms with Gasteiger partial charge in [0.05, 0.1) is 17.1 Å². The Balaban J connectivity index is 1.47. The first-order valence-corrected chi connectivity index (χ1v) is 13.8. The summed E-state index contributed by atoms with van der Waals surface area (Å²) in [7, 11) is -3.91. The van der Waals surface area contributed by atoms with Gasteiger partial charge in [0, 0.05) is 24.5 Å². The van der Waals surface area contributed by atoms with Crippen LogP contribution in [0.25, 0.3) is 0 Å². The highest BCUT2D eigenvalue weighted by atomic mass is 32.2. The molecule has 1 saturated heterocycles. The number of hydrogen-bond acceptors (Lipinski definition) is 4. The van der Waals surface area contributed by atoms with Gasteiger partial charge in [-0.2, -0.15) is 17.5 Å². The van der Waals surface area contributed by atoms with Crippen molar-refractivity contribution in [1.82, 2.24) is 9.62 Å². The maximum absolute atomic E-state index is 12.9. The molecule has 0 radical (unpaired) electrons. The highest BCUT2D eigenvalue weighted by Crippen LogP contribution is 2.31. The van der Waals surface area contributed by atoms with E-state index in [-0.39, 0.29) is 29.9 Å². The van der Waals surface area contributed by atoms with Gasteiger partial charge in [0.1, 0.15) is 5.75 Å². The quantitative estimate of drug-likeness (QED) is 0.428. The van der Waals surface area contributed by atoms with Gasteiger partial charge in [0.2, 0.25) is 15.9 Å². The smallest absolute Gasteiger partial charge is 0.416 e. The zero-order valence-corrected chi connectivity index (χ0v) is 22.5. The number of halogens is 3. The summed E-state index contributed by atoms with van der Waals surface area (Å²) < 4.78 is 71.3. The molecule has 6 nitrogen and oxygen atoms in total. The Morgan fingerprint density at radius 3 is 2.27 bits per heavy atom. The van der Waals surface area contributed by atoms with Crippen molar-refractivity contribution in [3.63, 3.8) is 0 Å². The lowest BCUT2D eigenvalue weighted by Crippen LogP contribution is -2.49. The van der Waals surface area contributed by atoms with Gasteiger partial charge in [0.25, 0.3) is 0 Å². The summed E-state index contributed by atoms with van der Waals surface area (Å²) in [6, 6.07) is 9.39. The molecule has 10 heteroatoms. The van der Waals surface area contributed by atoms with Gasteiger partial charge in [-0.3, -0.25) is 4.79 Å². The third kappa shape index (κ3) is 7.47. The van der Waals surface area contributed by atoms with E-state index in [0.717, 1.165) is 41.1 Å². The van der Waals surface area contributed by atoms with Crippen molar-refractivity contribution in [2.24, 2.45) is 5.41 Å². The molecule has 204 valence electrons. The Morgan fingerprint density at radius 2 is 1.68 bits per heavy atom. The van der Waals surface area contributed by atoms with Gasteiger partial charge >= 0.3 is 6.18 Å². The monoisotopic (exact) mass is 540 g/mol. The summed E-state index contributed by atoms with van der Waals surface area (Å²) in [6.07, 6.45) is -2.34. The van der Waals surface area contributed by atoms with Crippen LogP contribution in [0, 0.1) is 19.3 Å². The summed E-state index contributed by atoms with van der Waals surface area (Å²) in [6.45, 7) is 8.62. The maximum Gasteiger partial charge on any atom is 0.416 e. The standard InChI is InChI=1S/C27H35F3N2O4S/c1-19-6-7-20(2)24(18-19)36-17-5-14-26(3,4)25(33)31-22-12-15-32(16-13-22)37(34,35)23-10-8-21(9-11-23)27(28,29)30/h6-11,18,22H,5,12-17H2,1-4H3,(H,31,33). The Bertz CT molecular complexity index is 1190. The van der Waals surface area contributed by atoms with Crippen LogP contribution in [0.3, 0.4) is 0 Å². The van der Waals surface area contributed by atoms with Crippen LogP contribution in [-0.4, -0.2) is 44.4 Å². The molecule has 3 rings (SSSR count). The topological polar surface area (TPSA) is 75.7 Å². The van der Waals surface area contributed by atoms with E-state index in [4.69, 9.17) is 4.74 Å². The number of hydrogen-bond donors (Lipinski definition) is 1. The first-order chi connectivity index (χ1) is 17.2. The third-order valence-corrected chi connectivity index (χ3v) is 8.68. The van der Waals surface area contributed by atoms with Crippen molar-refractivity contribution in [3.05, 3.63) is 59.2 Å². The molecule has 1 N–H and O–H groups in total. The molecular formula is C27H35F3N2O4S. The lowest BCUT2D eigenvalue weighted by molar-refractivity contribution is -0.137. The largest absolute Gasteiger partial charge is 0.493 e. The van der Waals surface area contributed by atoms with Gasteiger partial charge < -0.3 is 10.1 Å². The molecule has 0 spiro atoms. The Labute approximate surface area is 217 Å². The van der Waals surface area contributed by atoms with Gasteiger partial charge in [0.15, 0.2) is 0 Å². The molecule has 0 aliphatic carbocycles. The number of sulfonamides is 1. The number of ether oxygens (including phenoxy) is 1. The minimum absolute atomic E-state index is 0.0942. The Morgan fingerprint density at radius 1 is 1.05 bits per heavy atom. The number of nitrogens with zero attached hydrogens (tertiary/aromatic N) is 1. The molecule has 2 aromatic rings. The summed E-state index contributed by atoms with van der Waals surface area (Å²) in [5.74, 6) is 0.753. The number of aryl methyl sites for hydroxylation is 2. The second-order valence-corrected chi connectivity index (χ2v) is 12.2. The lowest BCUT2D eigenvalue weighted by atomic mass is 9.86. The average Bonchev–Trinajstić information content (AvgIpc) is 2.83. The first kappa shape index (κ1) is 29.0. The molecule has 0 atom stereocenters. The van der Waals surface area contributed by atoms with Crippen LogP contribution in [0.4, 0.5) is 13.2 Å². The molecule has 1 aliphatic rings. The average molecular weight is 541 g/mol. The van der Waals surface area contributed by atoms with Gasteiger partial charge in [-0.25, -0.2) is 8.42 Å². The van der Waals surface area contributed by atoms with E-state index in [0.29, 0.717) is 32.3 Å². The minimum atomic E-state index is -4.53. The SMILES string of the molecule is Cc1ccc(C)c(OCCCC(C)(C)C(=O)NC2CCN(S(=O)(=O)c3ccc(C(F)(F)F)cc3)CC2)c1. The van der Waals surface area contributed by atoms with Crippen LogP contribution in [0.2, 0.25) is 0 Å². The normalized spacial score (nSPS) is 16.0. The van der Waals surface area contributed by atoms with Crippen molar-refractivity contribution < 1.29 is 31.1 Å². The molecule has 0 aromatic heterocycles. The van der Waals surface area contributed by atoms with Crippen LogP contribution in [0.5, 0.6) is 5.75 Å². The minimum Gasteiger partial charge on any atom is -0.493 e. The molecule has 0 saturated carbocycles. The Hall–Kier alpha value is -2.59. The number of alkyl halides is 3. The van der Waals surface area contributed by atoms with Crippen molar-refractivity contribution in [2.45, 2.75) is 70.5 Å². The Kier molecular flexibility index (Phi) is 8.95. The summed E-state index contributed by atoms with van der Waals surface area (Å²) >= 11 is 0. The highest BCUT2D eigenvalue weighted by Gasteiger charge is 2.34. The lowest BCUT2D eigenvalue weighted by Gasteiger charge is -2.34. The molecule has 0 unspecified atom stereocenters. The molecule has 1 aliphatic heterocycles. The molecule has 1 amide bonds. The van der Waals surface area contributed by atoms with Gasteiger partial charge in [-0.15, -0.1) is 0 Å². The van der Waals surface area contributed by atoms with Crippen molar-refractivity contribution in [3.8, 4) is 5.75 Å². The highest BCUT2D eigenvalue weighted by molar-refractivity contribution is 7.89. The number of rotatable bonds is 9. The molecular weight excluding hydrogens is 505 g/mol. The number of amides is 1. The fourth-order valence-electron chi connectivity index (χ4n) is 4.26. The zero-order chi connectivity index (χ0) is 27.4. The second-order valence-electron chi connectivity index (χ2n) is 10.3. The fraction of sp³-hybridized carbons (Fsp3) is 0.519. The molecule has 37 heavy (non-hydrogen) atoms. The number of piperidine rings is 1. The number of carbonyl (C=O) groups is 1. The maximum atomic E-state index is 12.9. The fourth-order valence-corrected chi connectivity index (χ4v) is 5.73. The molecule has 0 bridgehead atoms. The summed E-state index contributed by atoms with van der Waals surface area (Å²) in [4.78, 5) is 12.8. The van der Waals surface area contributed by atoms with Gasteiger partial charge in [-0.1, -0.05) is 26.0 Å². The predicted octanol–water partition coefficient (Wildman–Crippen LogP) is 5.48. The van der Waals surface area contributed by atoms with E-state index in [1.54, 1.807) is 0 Å². The van der Waals surface area contributed by atoms with Crippen LogP contribution >= 0.6 is 0 Å². The van der Waals surface area contributed by atoms with E-state index in [9.17, 15) is 26.4 Å². The van der Waals surface area contributed by atoms with Crippen molar-refractivity contribution in [1.29, 1.82) is 0 Å². The van der Waals surface area contributed by atoms with Gasteiger partial charge in [-0.05, 0) is 81.0 Å². The molecule has 1 fully saturated rings. The predicted molar refractivity (Wildman–Crippen MR) is 136 cm³/mol. The second kappa shape index (κ2) is 11.4. The zero-order valence-electron chi connectivity index (χ0n) is 21.7. The van der Waals surface area contributed by atoms with E-state index in [2.05, 4.69) is 5.32 Å². The van der Waals surface area contributed by atoms with Crippen LogP contribution in [-0.2, 0) is 21.0 Å². The third-order valence-electron chi connectivity index (χ3n) is 6.77. The van der Waals surface area contributed by atoms with E-state index >= 15 is 0 Å². The number of benzene rings is 2. The van der Waals surface area contributed by atoms with Crippen LogP contribution in [0.15, 0.2) is 47.4 Å². The molecule has 2 aromatic carbocycles. The van der Waals surface area contributed by atoms with Crippen LogP contribution < -0.4 is 10.1 Å². The summed E-state index contributed by atoms with van der Waals surface area (Å²) in [5, 5.41) is 3.04. The first-order valence-electron chi connectivity index (χ1n) is 12.4. The van der Waals surface area contributed by atoms with E-state index in [1.165, 1.54) is 4.31 Å². The number of nitrogens with one attached hydrogen (secondary N) is 1. The van der Waals surface area contributed by atoms with Crippen LogP contribution in [0.1, 0.15) is 56.2 Å². The number of carbonyl (C=O) groups excluding carboxylic acids is 1. The van der Waals surface area contributed by atoms with E-state index in [1.807, 2.05) is 45.9 Å². The molecule has 1 heterocycles. The summed E-state index contributed by atoms with van der Waals surface area (Å²) in [5.41, 5.74) is 0.675.